The first kappa shape index (κ1) is 21.7. The van der Waals surface area contributed by atoms with Gasteiger partial charge in [-0.3, -0.25) is 0 Å². The third-order valence-corrected chi connectivity index (χ3v) is 5.08. The van der Waals surface area contributed by atoms with E-state index < -0.39 is 15.9 Å². The second-order valence-corrected chi connectivity index (χ2v) is 8.64. The molecule has 28 heavy (non-hydrogen) atoms. The number of carbonyl (C=O) groups excluding carboxylic acids is 1. The van der Waals surface area contributed by atoms with Gasteiger partial charge in [0.2, 0.25) is 0 Å². The monoisotopic (exact) mass is 408 g/mol. The molecule has 0 fully saturated rings. The Labute approximate surface area is 165 Å². The van der Waals surface area contributed by atoms with Gasteiger partial charge in [0.15, 0.2) is 0 Å². The molecule has 0 saturated heterocycles. The van der Waals surface area contributed by atoms with E-state index in [1.807, 2.05) is 13.8 Å². The minimum atomic E-state index is -4.08. The third-order valence-electron chi connectivity index (χ3n) is 3.82. The number of carbonyl (C=O) groups is 1. The number of rotatable bonds is 7. The molecule has 8 heteroatoms. The Bertz CT molecular complexity index is 912. The summed E-state index contributed by atoms with van der Waals surface area (Å²) >= 11 is 0. The fraction of sp³-hybridized carbons (Fsp3) is 0.350. The van der Waals surface area contributed by atoms with Crippen LogP contribution in [0.2, 0.25) is 0 Å². The van der Waals surface area contributed by atoms with Crippen molar-refractivity contribution in [2.75, 3.05) is 20.6 Å². The molecule has 0 aliphatic carbocycles. The van der Waals surface area contributed by atoms with E-state index in [0.29, 0.717) is 13.1 Å². The van der Waals surface area contributed by atoms with Crippen LogP contribution in [0, 0.1) is 11.7 Å². The van der Waals surface area contributed by atoms with Crippen LogP contribution in [0.1, 0.15) is 19.4 Å². The molecule has 0 aliphatic heterocycles. The molecule has 0 bridgehead atoms. The van der Waals surface area contributed by atoms with Crippen molar-refractivity contribution in [2.24, 2.45) is 5.92 Å². The van der Waals surface area contributed by atoms with Crippen molar-refractivity contribution < 1.29 is 21.8 Å². The SMILES string of the molecule is CC(C)CN(Cc1cccc(OS(=O)(=O)c2ccc(F)cc2)c1)C(=O)N(C)C. The van der Waals surface area contributed by atoms with Crippen molar-refractivity contribution in [2.45, 2.75) is 25.3 Å². The topological polar surface area (TPSA) is 66.9 Å². The van der Waals surface area contributed by atoms with Crippen LogP contribution < -0.4 is 4.18 Å². The lowest BCUT2D eigenvalue weighted by atomic mass is 10.1. The minimum Gasteiger partial charge on any atom is -0.379 e. The van der Waals surface area contributed by atoms with Crippen molar-refractivity contribution in [1.82, 2.24) is 9.80 Å². The molecule has 2 rings (SSSR count). The standard InChI is InChI=1S/C20H25FN2O4S/c1-15(2)13-23(20(24)22(3)4)14-16-6-5-7-18(12-16)27-28(25,26)19-10-8-17(21)9-11-19/h5-12,15H,13-14H2,1-4H3. The van der Waals surface area contributed by atoms with Gasteiger partial charge < -0.3 is 14.0 Å². The summed E-state index contributed by atoms with van der Waals surface area (Å²) in [6, 6.07) is 10.9. The molecule has 152 valence electrons. The first-order chi connectivity index (χ1) is 13.1. The normalized spacial score (nSPS) is 11.4. The van der Waals surface area contributed by atoms with Gasteiger partial charge >= 0.3 is 16.1 Å². The lowest BCUT2D eigenvalue weighted by Gasteiger charge is -2.27. The summed E-state index contributed by atoms with van der Waals surface area (Å²) in [6.07, 6.45) is 0. The maximum Gasteiger partial charge on any atom is 0.339 e. The van der Waals surface area contributed by atoms with E-state index in [-0.39, 0.29) is 22.6 Å². The third kappa shape index (κ3) is 5.95. The van der Waals surface area contributed by atoms with Gasteiger partial charge in [0.25, 0.3) is 0 Å². The number of urea groups is 1. The second-order valence-electron chi connectivity index (χ2n) is 7.09. The second kappa shape index (κ2) is 9.05. The van der Waals surface area contributed by atoms with Crippen molar-refractivity contribution in [1.29, 1.82) is 0 Å². The molecule has 0 aromatic heterocycles. The highest BCUT2D eigenvalue weighted by atomic mass is 32.2. The summed E-state index contributed by atoms with van der Waals surface area (Å²) in [7, 11) is -0.710. The van der Waals surface area contributed by atoms with E-state index >= 15 is 0 Å². The molecule has 0 aliphatic rings. The Hall–Kier alpha value is -2.61. The largest absolute Gasteiger partial charge is 0.379 e. The fourth-order valence-electron chi connectivity index (χ4n) is 2.63. The molecule has 0 unspecified atom stereocenters. The summed E-state index contributed by atoms with van der Waals surface area (Å²) in [5.41, 5.74) is 0.739. The zero-order chi connectivity index (χ0) is 20.9. The van der Waals surface area contributed by atoms with Crippen LogP contribution in [0.5, 0.6) is 5.75 Å². The molecule has 0 N–H and O–H groups in total. The quantitative estimate of drug-likeness (QED) is 0.655. The van der Waals surface area contributed by atoms with Crippen molar-refractivity contribution >= 4 is 16.1 Å². The van der Waals surface area contributed by atoms with Crippen LogP contribution >= 0.6 is 0 Å². The van der Waals surface area contributed by atoms with Crippen molar-refractivity contribution in [3.63, 3.8) is 0 Å². The van der Waals surface area contributed by atoms with Crippen molar-refractivity contribution in [3.05, 3.63) is 59.9 Å². The van der Waals surface area contributed by atoms with Gasteiger partial charge in [-0.1, -0.05) is 26.0 Å². The lowest BCUT2D eigenvalue weighted by molar-refractivity contribution is 0.161. The molecule has 0 saturated carbocycles. The zero-order valence-electron chi connectivity index (χ0n) is 16.4. The van der Waals surface area contributed by atoms with E-state index in [1.54, 1.807) is 37.2 Å². The first-order valence-corrected chi connectivity index (χ1v) is 10.2. The number of halogens is 1. The Kier molecular flexibility index (Phi) is 7.01. The van der Waals surface area contributed by atoms with Gasteiger partial charge in [-0.15, -0.1) is 0 Å². The summed E-state index contributed by atoms with van der Waals surface area (Å²) < 4.78 is 42.9. The average molecular weight is 408 g/mol. The smallest absolute Gasteiger partial charge is 0.339 e. The van der Waals surface area contributed by atoms with Gasteiger partial charge in [0.05, 0.1) is 0 Å². The number of amides is 2. The molecule has 0 radical (unpaired) electrons. The lowest BCUT2D eigenvalue weighted by Crippen LogP contribution is -2.40. The summed E-state index contributed by atoms with van der Waals surface area (Å²) in [6.45, 7) is 4.93. The Morgan fingerprint density at radius 3 is 2.32 bits per heavy atom. The Balaban J connectivity index is 2.20. The molecule has 0 atom stereocenters. The van der Waals surface area contributed by atoms with E-state index in [9.17, 15) is 17.6 Å². The van der Waals surface area contributed by atoms with E-state index in [4.69, 9.17) is 4.18 Å². The average Bonchev–Trinajstić information content (AvgIpc) is 2.60. The van der Waals surface area contributed by atoms with E-state index in [2.05, 4.69) is 0 Å². The molecular weight excluding hydrogens is 383 g/mol. The predicted molar refractivity (Wildman–Crippen MR) is 105 cm³/mol. The fourth-order valence-corrected chi connectivity index (χ4v) is 3.55. The highest BCUT2D eigenvalue weighted by Gasteiger charge is 2.19. The number of hydrogen-bond donors (Lipinski definition) is 0. The number of benzene rings is 2. The molecule has 0 spiro atoms. The summed E-state index contributed by atoms with van der Waals surface area (Å²) in [5.74, 6) is -0.123. The highest BCUT2D eigenvalue weighted by molar-refractivity contribution is 7.87. The maximum atomic E-state index is 13.0. The van der Waals surface area contributed by atoms with Crippen LogP contribution in [0.15, 0.2) is 53.4 Å². The highest BCUT2D eigenvalue weighted by Crippen LogP contribution is 2.21. The van der Waals surface area contributed by atoms with Gasteiger partial charge in [0, 0.05) is 27.2 Å². The first-order valence-electron chi connectivity index (χ1n) is 8.83. The van der Waals surface area contributed by atoms with Crippen LogP contribution in [0.25, 0.3) is 0 Å². The Morgan fingerprint density at radius 2 is 1.75 bits per heavy atom. The van der Waals surface area contributed by atoms with Gasteiger partial charge in [-0.25, -0.2) is 9.18 Å². The molecule has 2 amide bonds. The van der Waals surface area contributed by atoms with Gasteiger partial charge in [0.1, 0.15) is 16.5 Å². The predicted octanol–water partition coefficient (Wildman–Crippen LogP) is 3.73. The number of hydrogen-bond acceptors (Lipinski definition) is 4. The van der Waals surface area contributed by atoms with Crippen LogP contribution in [-0.2, 0) is 16.7 Å². The molecule has 6 nitrogen and oxygen atoms in total. The minimum absolute atomic E-state index is 0.126. The number of nitrogens with zero attached hydrogens (tertiary/aromatic N) is 2. The van der Waals surface area contributed by atoms with Gasteiger partial charge in [-0.2, -0.15) is 8.42 Å². The Morgan fingerprint density at radius 1 is 1.11 bits per heavy atom. The van der Waals surface area contributed by atoms with Crippen LogP contribution in [-0.4, -0.2) is 44.9 Å². The van der Waals surface area contributed by atoms with Crippen LogP contribution in [0.3, 0.4) is 0 Å². The van der Waals surface area contributed by atoms with E-state index in [1.165, 1.54) is 11.0 Å². The van der Waals surface area contributed by atoms with Gasteiger partial charge in [-0.05, 0) is 47.9 Å². The summed E-state index contributed by atoms with van der Waals surface area (Å²) in [4.78, 5) is 15.5. The molecular formula is C20H25FN2O4S. The maximum absolute atomic E-state index is 13.0. The molecule has 0 heterocycles. The van der Waals surface area contributed by atoms with Crippen molar-refractivity contribution in [3.8, 4) is 5.75 Å². The van der Waals surface area contributed by atoms with Crippen LogP contribution in [0.4, 0.5) is 9.18 Å². The molecule has 2 aromatic carbocycles. The van der Waals surface area contributed by atoms with E-state index in [0.717, 1.165) is 29.8 Å². The summed E-state index contributed by atoms with van der Waals surface area (Å²) in [5, 5.41) is 0. The molecule has 2 aromatic rings. The zero-order valence-corrected chi connectivity index (χ0v) is 17.2.